The van der Waals surface area contributed by atoms with Gasteiger partial charge in [-0.15, -0.1) is 0 Å². The molecule has 0 bridgehead atoms. The summed E-state index contributed by atoms with van der Waals surface area (Å²) in [5.41, 5.74) is 7.33. The highest BCUT2D eigenvalue weighted by Crippen LogP contribution is 2.17. The molecule has 8 nitrogen and oxygen atoms in total. The average molecular weight is 284 g/mol. The molecule has 0 saturated carbocycles. The Hall–Kier alpha value is -1.87. The minimum Gasteiger partial charge on any atom is -0.384 e. The van der Waals surface area contributed by atoms with E-state index >= 15 is 0 Å². The van der Waals surface area contributed by atoms with Gasteiger partial charge in [0, 0.05) is 19.2 Å². The van der Waals surface area contributed by atoms with Crippen molar-refractivity contribution in [1.82, 2.24) is 24.7 Å². The number of nitrogen functional groups attached to an aromatic ring is 1. The number of sulfonamides is 1. The van der Waals surface area contributed by atoms with Crippen molar-refractivity contribution in [2.45, 2.75) is 25.3 Å². The molecule has 0 unspecified atom stereocenters. The van der Waals surface area contributed by atoms with E-state index in [0.29, 0.717) is 22.8 Å². The van der Waals surface area contributed by atoms with Gasteiger partial charge in [-0.1, -0.05) is 0 Å². The molecule has 2 aromatic rings. The maximum atomic E-state index is 12.2. The zero-order valence-corrected chi connectivity index (χ0v) is 11.7. The molecule has 9 heteroatoms. The fourth-order valence-electron chi connectivity index (χ4n) is 1.81. The van der Waals surface area contributed by atoms with Crippen LogP contribution in [-0.2, 0) is 23.6 Å². The molecule has 0 fully saturated rings. The van der Waals surface area contributed by atoms with Gasteiger partial charge in [0.1, 0.15) is 10.7 Å². The van der Waals surface area contributed by atoms with Gasteiger partial charge in [0.15, 0.2) is 0 Å². The number of hydrogen-bond acceptors (Lipinski definition) is 5. The number of anilines is 1. The Balaban J connectivity index is 2.22. The second kappa shape index (κ2) is 4.67. The quantitative estimate of drug-likeness (QED) is 0.719. The van der Waals surface area contributed by atoms with Gasteiger partial charge in [-0.05, 0) is 13.8 Å². The van der Waals surface area contributed by atoms with Crippen molar-refractivity contribution in [2.24, 2.45) is 7.05 Å². The van der Waals surface area contributed by atoms with Crippen LogP contribution >= 0.6 is 0 Å². The normalized spacial score (nSPS) is 11.9. The number of rotatable bonds is 4. The lowest BCUT2D eigenvalue weighted by molar-refractivity contribution is 0.580. The molecule has 19 heavy (non-hydrogen) atoms. The van der Waals surface area contributed by atoms with E-state index in [1.165, 1.54) is 10.9 Å². The maximum Gasteiger partial charge on any atom is 0.244 e. The van der Waals surface area contributed by atoms with Gasteiger partial charge in [-0.2, -0.15) is 10.2 Å². The second-order valence-electron chi connectivity index (χ2n) is 4.27. The van der Waals surface area contributed by atoms with Crippen LogP contribution in [0.4, 0.5) is 5.82 Å². The van der Waals surface area contributed by atoms with Crippen molar-refractivity contribution in [3.8, 4) is 0 Å². The van der Waals surface area contributed by atoms with Crippen LogP contribution in [0, 0.1) is 13.8 Å². The number of H-pyrrole nitrogens is 1. The van der Waals surface area contributed by atoms with E-state index in [1.54, 1.807) is 20.9 Å². The lowest BCUT2D eigenvalue weighted by Gasteiger charge is -2.06. The summed E-state index contributed by atoms with van der Waals surface area (Å²) in [4.78, 5) is 0.176. The maximum absolute atomic E-state index is 12.2. The molecule has 0 aliphatic rings. The van der Waals surface area contributed by atoms with Gasteiger partial charge in [-0.25, -0.2) is 13.1 Å². The van der Waals surface area contributed by atoms with Gasteiger partial charge in [0.25, 0.3) is 0 Å². The summed E-state index contributed by atoms with van der Waals surface area (Å²) < 4.78 is 28.4. The molecule has 0 saturated heterocycles. The summed E-state index contributed by atoms with van der Waals surface area (Å²) in [7, 11) is -1.93. The van der Waals surface area contributed by atoms with E-state index in [0.717, 1.165) is 0 Å². The van der Waals surface area contributed by atoms with Crippen LogP contribution in [0.15, 0.2) is 11.1 Å². The number of nitrogens with one attached hydrogen (secondary N) is 2. The van der Waals surface area contributed by atoms with Gasteiger partial charge >= 0.3 is 0 Å². The number of aryl methyl sites for hydroxylation is 3. The summed E-state index contributed by atoms with van der Waals surface area (Å²) >= 11 is 0. The van der Waals surface area contributed by atoms with Crippen molar-refractivity contribution in [3.05, 3.63) is 23.1 Å². The molecule has 2 rings (SSSR count). The lowest BCUT2D eigenvalue weighted by Crippen LogP contribution is -2.24. The minimum absolute atomic E-state index is 0.0894. The number of hydrogen-bond donors (Lipinski definition) is 3. The van der Waals surface area contributed by atoms with Crippen LogP contribution < -0.4 is 10.5 Å². The lowest BCUT2D eigenvalue weighted by atomic mass is 10.3. The molecule has 104 valence electrons. The number of aromatic nitrogens is 4. The zero-order valence-electron chi connectivity index (χ0n) is 10.9. The first-order valence-electron chi connectivity index (χ1n) is 5.60. The third-order valence-corrected chi connectivity index (χ3v) is 4.51. The summed E-state index contributed by atoms with van der Waals surface area (Å²) in [6, 6.07) is 0. The number of aromatic amines is 1. The Morgan fingerprint density at radius 2 is 2.16 bits per heavy atom. The number of nitrogens with two attached hydrogens (primary N) is 1. The first-order chi connectivity index (χ1) is 8.83. The Bertz CT molecular complexity index is 680. The van der Waals surface area contributed by atoms with Gasteiger partial charge in [-0.3, -0.25) is 9.78 Å². The van der Waals surface area contributed by atoms with Crippen molar-refractivity contribution >= 4 is 15.8 Å². The molecule has 0 radical (unpaired) electrons. The summed E-state index contributed by atoms with van der Waals surface area (Å²) in [5.74, 6) is 0.434. The fourth-order valence-corrected chi connectivity index (χ4v) is 3.18. The van der Waals surface area contributed by atoms with Crippen molar-refractivity contribution in [3.63, 3.8) is 0 Å². The van der Waals surface area contributed by atoms with Crippen LogP contribution in [0.5, 0.6) is 0 Å². The van der Waals surface area contributed by atoms with Gasteiger partial charge < -0.3 is 5.73 Å². The Morgan fingerprint density at radius 3 is 2.63 bits per heavy atom. The van der Waals surface area contributed by atoms with Crippen LogP contribution in [0.25, 0.3) is 0 Å². The summed E-state index contributed by atoms with van der Waals surface area (Å²) in [6.45, 7) is 3.38. The van der Waals surface area contributed by atoms with E-state index in [1.807, 2.05) is 0 Å². The van der Waals surface area contributed by atoms with E-state index in [-0.39, 0.29) is 11.4 Å². The molecule has 0 aromatic carbocycles. The highest BCUT2D eigenvalue weighted by atomic mass is 32.2. The Labute approximate surface area is 111 Å². The van der Waals surface area contributed by atoms with Crippen molar-refractivity contribution < 1.29 is 8.42 Å². The zero-order chi connectivity index (χ0) is 14.2. The van der Waals surface area contributed by atoms with E-state index in [9.17, 15) is 8.42 Å². The van der Waals surface area contributed by atoms with Crippen LogP contribution in [0.2, 0.25) is 0 Å². The SMILES string of the molecule is Cc1n[nH]c(C)c1S(=O)(=O)NCc1cnn(C)c1N. The molecule has 0 spiro atoms. The van der Waals surface area contributed by atoms with Crippen molar-refractivity contribution in [2.75, 3.05) is 5.73 Å². The molecule has 0 atom stereocenters. The molecule has 0 aliphatic heterocycles. The first-order valence-corrected chi connectivity index (χ1v) is 7.09. The molecule has 2 aromatic heterocycles. The van der Waals surface area contributed by atoms with Gasteiger partial charge in [0.2, 0.25) is 10.0 Å². The fraction of sp³-hybridized carbons (Fsp3) is 0.400. The summed E-state index contributed by atoms with van der Waals surface area (Å²) in [5, 5.41) is 10.5. The third-order valence-electron chi connectivity index (χ3n) is 2.85. The van der Waals surface area contributed by atoms with E-state index in [4.69, 9.17) is 5.73 Å². The predicted octanol–water partition coefficient (Wildman–Crippen LogP) is -0.179. The molecular weight excluding hydrogens is 268 g/mol. The Morgan fingerprint density at radius 1 is 1.47 bits per heavy atom. The van der Waals surface area contributed by atoms with Gasteiger partial charge in [0.05, 0.1) is 17.6 Å². The molecule has 0 amide bonds. The average Bonchev–Trinajstić information content (AvgIpc) is 2.82. The molecule has 2 heterocycles. The summed E-state index contributed by atoms with van der Waals surface area (Å²) in [6.07, 6.45) is 1.53. The highest BCUT2D eigenvalue weighted by Gasteiger charge is 2.22. The van der Waals surface area contributed by atoms with Crippen molar-refractivity contribution in [1.29, 1.82) is 0 Å². The predicted molar refractivity (Wildman–Crippen MR) is 69.7 cm³/mol. The van der Waals surface area contributed by atoms with E-state index in [2.05, 4.69) is 20.0 Å². The molecule has 4 N–H and O–H groups in total. The first kappa shape index (κ1) is 13.6. The number of nitrogens with zero attached hydrogens (tertiary/aromatic N) is 3. The highest BCUT2D eigenvalue weighted by molar-refractivity contribution is 7.89. The minimum atomic E-state index is -3.62. The van der Waals surface area contributed by atoms with Crippen LogP contribution in [0.3, 0.4) is 0 Å². The molecular formula is C10H16N6O2S. The standard InChI is InChI=1S/C10H16N6O2S/c1-6-9(7(2)15-14-6)19(17,18)13-5-8-4-12-16(3)10(8)11/h4,13H,5,11H2,1-3H3,(H,14,15). The van der Waals surface area contributed by atoms with Crippen LogP contribution in [-0.4, -0.2) is 28.4 Å². The Kier molecular flexibility index (Phi) is 3.33. The second-order valence-corrected chi connectivity index (χ2v) is 5.97. The third kappa shape index (κ3) is 2.47. The largest absolute Gasteiger partial charge is 0.384 e. The van der Waals surface area contributed by atoms with Crippen LogP contribution in [0.1, 0.15) is 17.0 Å². The monoisotopic (exact) mass is 284 g/mol. The smallest absolute Gasteiger partial charge is 0.244 e. The van der Waals surface area contributed by atoms with E-state index < -0.39 is 10.0 Å². The topological polar surface area (TPSA) is 119 Å². The molecule has 0 aliphatic carbocycles.